The average molecular weight is 345 g/mol. The molecule has 0 aliphatic carbocycles. The lowest BCUT2D eigenvalue weighted by Crippen LogP contribution is -2.23. The minimum Gasteiger partial charge on any atom is -0.315 e. The Bertz CT molecular complexity index is 761. The van der Waals surface area contributed by atoms with Gasteiger partial charge in [0.15, 0.2) is 0 Å². The maximum atomic E-state index is 12.8. The van der Waals surface area contributed by atoms with Crippen LogP contribution < -0.4 is 5.32 Å². The van der Waals surface area contributed by atoms with Crippen LogP contribution in [0.5, 0.6) is 0 Å². The first-order valence-electron chi connectivity index (χ1n) is 7.35. The summed E-state index contributed by atoms with van der Waals surface area (Å²) in [5.41, 5.74) is 2.42. The fourth-order valence-electron chi connectivity index (χ4n) is 2.05. The zero-order valence-corrected chi connectivity index (χ0v) is 14.7. The van der Waals surface area contributed by atoms with Crippen LogP contribution in [0, 0.1) is 6.92 Å². The molecule has 5 nitrogen and oxygen atoms in total. The second kappa shape index (κ2) is 8.06. The van der Waals surface area contributed by atoms with Crippen molar-refractivity contribution >= 4 is 19.6 Å². The van der Waals surface area contributed by atoms with Gasteiger partial charge >= 0.3 is 7.60 Å². The van der Waals surface area contributed by atoms with Crippen LogP contribution in [0.25, 0.3) is 6.08 Å². The molecule has 0 radical (unpaired) electrons. The van der Waals surface area contributed by atoms with Gasteiger partial charge in [0.1, 0.15) is 5.44 Å². The van der Waals surface area contributed by atoms with Crippen LogP contribution in [0.3, 0.4) is 0 Å². The molecule has 0 aliphatic rings. The van der Waals surface area contributed by atoms with E-state index in [0.717, 1.165) is 11.1 Å². The average Bonchev–Trinajstić information content (AvgIpc) is 2.63. The van der Waals surface area contributed by atoms with Gasteiger partial charge in [-0.1, -0.05) is 48.0 Å². The first-order chi connectivity index (χ1) is 11.5. The summed E-state index contributed by atoms with van der Waals surface area (Å²) in [4.78, 5) is 12.4. The number of nitrogens with one attached hydrogen (secondary N) is 1. The van der Waals surface area contributed by atoms with Crippen molar-refractivity contribution in [2.24, 2.45) is 0 Å². The van der Waals surface area contributed by atoms with Gasteiger partial charge in [-0.3, -0.25) is 9.36 Å². The van der Waals surface area contributed by atoms with Crippen molar-refractivity contribution in [2.45, 2.75) is 6.92 Å². The molecule has 1 N–H and O–H groups in total. The van der Waals surface area contributed by atoms with Gasteiger partial charge in [-0.05, 0) is 30.7 Å². The fraction of sp³-hybridized carbons (Fsp3) is 0.167. The van der Waals surface area contributed by atoms with Crippen LogP contribution in [0.15, 0.2) is 60.0 Å². The van der Waals surface area contributed by atoms with E-state index in [-0.39, 0.29) is 11.3 Å². The summed E-state index contributed by atoms with van der Waals surface area (Å²) in [6.07, 6.45) is 1.59. The summed E-state index contributed by atoms with van der Waals surface area (Å²) < 4.78 is 22.8. The third kappa shape index (κ3) is 4.42. The first kappa shape index (κ1) is 18.1. The molecule has 0 fully saturated rings. The van der Waals surface area contributed by atoms with Gasteiger partial charge in [0.25, 0.3) is 5.91 Å². The van der Waals surface area contributed by atoms with E-state index in [9.17, 15) is 9.36 Å². The Labute approximate surface area is 141 Å². The molecule has 2 aromatic rings. The minimum atomic E-state index is -3.61. The highest BCUT2D eigenvalue weighted by Gasteiger charge is 2.29. The molecule has 1 amide bonds. The Morgan fingerprint density at radius 2 is 1.58 bits per heavy atom. The van der Waals surface area contributed by atoms with E-state index >= 15 is 0 Å². The van der Waals surface area contributed by atoms with Crippen LogP contribution in [0.2, 0.25) is 0 Å². The number of carbonyl (C=O) groups is 1. The molecule has 0 heterocycles. The predicted molar refractivity (Wildman–Crippen MR) is 94.7 cm³/mol. The molecule has 0 aliphatic heterocycles. The monoisotopic (exact) mass is 345 g/mol. The second-order valence-electron chi connectivity index (χ2n) is 5.12. The lowest BCUT2D eigenvalue weighted by Gasteiger charge is -2.18. The summed E-state index contributed by atoms with van der Waals surface area (Å²) in [6.45, 7) is 1.97. The Balaban J connectivity index is 2.38. The normalized spacial score (nSPS) is 12.0. The van der Waals surface area contributed by atoms with E-state index in [0.29, 0.717) is 5.56 Å². The number of hydrogen-bond donors (Lipinski definition) is 1. The standard InChI is InChI=1S/C18H20NO4P/c1-14-9-11-15(12-10-14)13-17(24(21,22-2)23-3)19-18(20)16-7-5-4-6-8-16/h4-13H,1-3H3,(H,19,20)/b17-13+. The molecule has 0 unspecified atom stereocenters. The number of benzene rings is 2. The summed E-state index contributed by atoms with van der Waals surface area (Å²) >= 11 is 0. The van der Waals surface area contributed by atoms with E-state index in [1.165, 1.54) is 14.2 Å². The minimum absolute atomic E-state index is 0.0882. The molecule has 0 spiro atoms. The molecule has 126 valence electrons. The van der Waals surface area contributed by atoms with Crippen molar-refractivity contribution in [3.05, 3.63) is 76.7 Å². The molecule has 0 bridgehead atoms. The quantitative estimate of drug-likeness (QED) is 0.797. The van der Waals surface area contributed by atoms with Gasteiger partial charge in [-0.25, -0.2) is 0 Å². The molecule has 6 heteroatoms. The van der Waals surface area contributed by atoms with Gasteiger partial charge in [0, 0.05) is 19.8 Å². The SMILES string of the molecule is COP(=O)(OC)/C(=C/c1ccc(C)cc1)NC(=O)c1ccccc1. The van der Waals surface area contributed by atoms with Gasteiger partial charge < -0.3 is 14.4 Å². The fourth-order valence-corrected chi connectivity index (χ4v) is 3.14. The topological polar surface area (TPSA) is 64.6 Å². The number of rotatable bonds is 6. The molecule has 2 rings (SSSR count). The summed E-state index contributed by atoms with van der Waals surface area (Å²) in [7, 11) is -1.05. The molecule has 0 saturated carbocycles. The lowest BCUT2D eigenvalue weighted by atomic mass is 10.1. The number of amides is 1. The summed E-state index contributed by atoms with van der Waals surface area (Å²) in [5.74, 6) is -0.386. The molecule has 0 saturated heterocycles. The lowest BCUT2D eigenvalue weighted by molar-refractivity contribution is 0.0966. The highest BCUT2D eigenvalue weighted by Crippen LogP contribution is 2.54. The zero-order chi connectivity index (χ0) is 17.6. The van der Waals surface area contributed by atoms with Crippen molar-refractivity contribution in [3.63, 3.8) is 0 Å². The van der Waals surface area contributed by atoms with E-state index < -0.39 is 7.60 Å². The number of hydrogen-bond acceptors (Lipinski definition) is 4. The van der Waals surface area contributed by atoms with Crippen LogP contribution in [-0.2, 0) is 13.6 Å². The maximum absolute atomic E-state index is 12.8. The Hall–Kier alpha value is -2.20. The van der Waals surface area contributed by atoms with Crippen molar-refractivity contribution in [1.29, 1.82) is 0 Å². The van der Waals surface area contributed by atoms with Crippen molar-refractivity contribution < 1.29 is 18.4 Å². The van der Waals surface area contributed by atoms with Gasteiger partial charge in [-0.15, -0.1) is 0 Å². The largest absolute Gasteiger partial charge is 0.376 e. The van der Waals surface area contributed by atoms with Crippen molar-refractivity contribution in [1.82, 2.24) is 5.32 Å². The number of carbonyl (C=O) groups excluding carboxylic acids is 1. The third-order valence-corrected chi connectivity index (χ3v) is 5.23. The maximum Gasteiger partial charge on any atom is 0.376 e. The van der Waals surface area contributed by atoms with Crippen molar-refractivity contribution in [2.75, 3.05) is 14.2 Å². The number of aryl methyl sites for hydroxylation is 1. The van der Waals surface area contributed by atoms with Crippen LogP contribution >= 0.6 is 7.60 Å². The molecular weight excluding hydrogens is 325 g/mol. The van der Waals surface area contributed by atoms with Gasteiger partial charge in [0.2, 0.25) is 0 Å². The predicted octanol–water partition coefficient (Wildman–Crippen LogP) is 4.21. The van der Waals surface area contributed by atoms with E-state index in [1.807, 2.05) is 37.3 Å². The van der Waals surface area contributed by atoms with E-state index in [4.69, 9.17) is 9.05 Å². The smallest absolute Gasteiger partial charge is 0.315 e. The van der Waals surface area contributed by atoms with E-state index in [2.05, 4.69) is 5.32 Å². The Morgan fingerprint density at radius 1 is 1.00 bits per heavy atom. The molecular formula is C18H20NO4P. The summed E-state index contributed by atoms with van der Waals surface area (Å²) in [5, 5.41) is 2.65. The molecule has 0 aromatic heterocycles. The van der Waals surface area contributed by atoms with Crippen LogP contribution in [0.1, 0.15) is 21.5 Å². The highest BCUT2D eigenvalue weighted by molar-refractivity contribution is 7.58. The zero-order valence-electron chi connectivity index (χ0n) is 13.9. The molecule has 2 aromatic carbocycles. The van der Waals surface area contributed by atoms with Gasteiger partial charge in [-0.2, -0.15) is 0 Å². The summed E-state index contributed by atoms with van der Waals surface area (Å²) in [6, 6.07) is 16.2. The van der Waals surface area contributed by atoms with Crippen LogP contribution in [0.4, 0.5) is 0 Å². The van der Waals surface area contributed by atoms with E-state index in [1.54, 1.807) is 30.3 Å². The van der Waals surface area contributed by atoms with Gasteiger partial charge in [0.05, 0.1) is 0 Å². The molecule has 0 atom stereocenters. The second-order valence-corrected chi connectivity index (χ2v) is 7.33. The third-order valence-electron chi connectivity index (χ3n) is 3.43. The Morgan fingerprint density at radius 3 is 2.12 bits per heavy atom. The van der Waals surface area contributed by atoms with Crippen molar-refractivity contribution in [3.8, 4) is 0 Å². The Kier molecular flexibility index (Phi) is 6.10. The first-order valence-corrected chi connectivity index (χ1v) is 8.89. The molecule has 24 heavy (non-hydrogen) atoms. The highest BCUT2D eigenvalue weighted by atomic mass is 31.2. The van der Waals surface area contributed by atoms with Crippen LogP contribution in [-0.4, -0.2) is 20.1 Å².